The molecule has 28 heavy (non-hydrogen) atoms. The van der Waals surface area contributed by atoms with E-state index in [1.807, 2.05) is 30.3 Å². The van der Waals surface area contributed by atoms with E-state index < -0.39 is 0 Å². The SMILES string of the molecule is Clc1cccc(CN=C2Nc3cc4c(cc3NC23CCNCC3)OCCO4)c1. The zero-order valence-corrected chi connectivity index (χ0v) is 16.3. The van der Waals surface area contributed by atoms with E-state index in [2.05, 4.69) is 22.0 Å². The molecule has 0 aliphatic carbocycles. The second kappa shape index (κ2) is 7.18. The van der Waals surface area contributed by atoms with Crippen molar-refractivity contribution < 1.29 is 9.47 Å². The van der Waals surface area contributed by atoms with Gasteiger partial charge in [0.2, 0.25) is 0 Å². The monoisotopic (exact) mass is 398 g/mol. The Balaban J connectivity index is 1.50. The second-order valence-electron chi connectivity index (χ2n) is 7.42. The first-order valence-corrected chi connectivity index (χ1v) is 10.1. The summed E-state index contributed by atoms with van der Waals surface area (Å²) in [7, 11) is 0. The fraction of sp³-hybridized carbons (Fsp3) is 0.381. The summed E-state index contributed by atoms with van der Waals surface area (Å²) in [6.45, 7) is 3.64. The van der Waals surface area contributed by atoms with Gasteiger partial charge in [0.25, 0.3) is 0 Å². The topological polar surface area (TPSA) is 66.9 Å². The molecule has 0 aromatic heterocycles. The van der Waals surface area contributed by atoms with Crippen LogP contribution in [0.4, 0.5) is 11.4 Å². The number of fused-ring (bicyclic) bond motifs is 2. The van der Waals surface area contributed by atoms with Crippen LogP contribution in [0.25, 0.3) is 0 Å². The zero-order chi connectivity index (χ0) is 19.0. The molecule has 0 unspecified atom stereocenters. The number of piperidine rings is 1. The van der Waals surface area contributed by atoms with Crippen LogP contribution in [0.2, 0.25) is 5.02 Å². The van der Waals surface area contributed by atoms with Gasteiger partial charge < -0.3 is 25.4 Å². The van der Waals surface area contributed by atoms with Gasteiger partial charge in [0.15, 0.2) is 11.5 Å². The van der Waals surface area contributed by atoms with Crippen molar-refractivity contribution in [1.29, 1.82) is 0 Å². The van der Waals surface area contributed by atoms with Crippen molar-refractivity contribution in [1.82, 2.24) is 5.32 Å². The van der Waals surface area contributed by atoms with Crippen molar-refractivity contribution in [3.05, 3.63) is 47.0 Å². The van der Waals surface area contributed by atoms with Crippen molar-refractivity contribution in [2.75, 3.05) is 36.9 Å². The molecule has 2 aromatic rings. The number of amidine groups is 1. The fourth-order valence-electron chi connectivity index (χ4n) is 4.07. The summed E-state index contributed by atoms with van der Waals surface area (Å²) in [5.74, 6) is 2.54. The van der Waals surface area contributed by atoms with Gasteiger partial charge >= 0.3 is 0 Å². The Labute approximate surface area is 169 Å². The molecule has 0 saturated carbocycles. The highest BCUT2D eigenvalue weighted by atomic mass is 35.5. The van der Waals surface area contributed by atoms with E-state index in [1.165, 1.54) is 0 Å². The van der Waals surface area contributed by atoms with Gasteiger partial charge in [-0.2, -0.15) is 0 Å². The molecule has 3 aliphatic heterocycles. The Hall–Kier alpha value is -2.44. The van der Waals surface area contributed by atoms with Crippen molar-refractivity contribution in [2.24, 2.45) is 4.99 Å². The Morgan fingerprint density at radius 3 is 2.50 bits per heavy atom. The normalized spacial score (nSPS) is 21.0. The highest BCUT2D eigenvalue weighted by Crippen LogP contribution is 2.43. The molecule has 3 N–H and O–H groups in total. The Morgan fingerprint density at radius 2 is 1.75 bits per heavy atom. The van der Waals surface area contributed by atoms with Crippen LogP contribution < -0.4 is 25.4 Å². The van der Waals surface area contributed by atoms with E-state index in [-0.39, 0.29) is 5.54 Å². The maximum atomic E-state index is 6.13. The van der Waals surface area contributed by atoms with E-state index in [1.54, 1.807) is 0 Å². The maximum Gasteiger partial charge on any atom is 0.163 e. The molecule has 0 radical (unpaired) electrons. The predicted octanol–water partition coefficient (Wildman–Crippen LogP) is 3.67. The second-order valence-corrected chi connectivity index (χ2v) is 7.85. The van der Waals surface area contributed by atoms with Crippen molar-refractivity contribution in [2.45, 2.75) is 24.9 Å². The minimum absolute atomic E-state index is 0.208. The van der Waals surface area contributed by atoms with Gasteiger partial charge in [-0.15, -0.1) is 0 Å². The largest absolute Gasteiger partial charge is 0.486 e. The summed E-state index contributed by atoms with van der Waals surface area (Å²) in [6, 6.07) is 11.9. The van der Waals surface area contributed by atoms with Crippen LogP contribution >= 0.6 is 11.6 Å². The van der Waals surface area contributed by atoms with Crippen LogP contribution in [0.1, 0.15) is 18.4 Å². The molecular weight excluding hydrogens is 376 g/mol. The van der Waals surface area contributed by atoms with Gasteiger partial charge in [0, 0.05) is 17.2 Å². The van der Waals surface area contributed by atoms with Gasteiger partial charge in [0.1, 0.15) is 19.0 Å². The minimum atomic E-state index is -0.208. The van der Waals surface area contributed by atoms with E-state index in [0.29, 0.717) is 19.8 Å². The number of halogens is 1. The zero-order valence-electron chi connectivity index (χ0n) is 15.6. The Morgan fingerprint density at radius 1 is 1.00 bits per heavy atom. The third-order valence-electron chi connectivity index (χ3n) is 5.53. The third-order valence-corrected chi connectivity index (χ3v) is 5.76. The molecule has 1 spiro atoms. The number of nitrogens with one attached hydrogen (secondary N) is 3. The molecule has 2 aromatic carbocycles. The standard InChI is InChI=1S/C21H23ClN4O2/c22-15-3-1-2-14(10-15)13-24-20-21(4-6-23-7-5-21)26-17-12-19-18(11-16(17)25-20)27-8-9-28-19/h1-3,10-12,23,26H,4-9,13H2,(H,24,25). The minimum Gasteiger partial charge on any atom is -0.486 e. The molecule has 5 rings (SSSR count). The third kappa shape index (κ3) is 3.27. The van der Waals surface area contributed by atoms with Gasteiger partial charge in [-0.3, -0.25) is 4.99 Å². The first-order chi connectivity index (χ1) is 13.7. The van der Waals surface area contributed by atoms with Crippen molar-refractivity contribution >= 4 is 28.8 Å². The van der Waals surface area contributed by atoms with Gasteiger partial charge in [-0.05, 0) is 43.6 Å². The molecule has 146 valence electrons. The van der Waals surface area contributed by atoms with Crippen LogP contribution in [-0.4, -0.2) is 37.7 Å². The van der Waals surface area contributed by atoms with E-state index in [0.717, 1.165) is 65.2 Å². The molecule has 0 bridgehead atoms. The maximum absolute atomic E-state index is 6.13. The molecular formula is C21H23ClN4O2. The quantitative estimate of drug-likeness (QED) is 0.720. The smallest absolute Gasteiger partial charge is 0.163 e. The van der Waals surface area contributed by atoms with Crippen LogP contribution in [-0.2, 0) is 6.54 Å². The summed E-state index contributed by atoms with van der Waals surface area (Å²) in [5.41, 5.74) is 2.89. The fourth-order valence-corrected chi connectivity index (χ4v) is 4.28. The summed E-state index contributed by atoms with van der Waals surface area (Å²) < 4.78 is 11.5. The lowest BCUT2D eigenvalue weighted by Crippen LogP contribution is -2.57. The van der Waals surface area contributed by atoms with Gasteiger partial charge in [0.05, 0.1) is 23.5 Å². The Kier molecular flexibility index (Phi) is 4.53. The number of aliphatic imine (C=N–C) groups is 1. The highest BCUT2D eigenvalue weighted by Gasteiger charge is 2.41. The average Bonchev–Trinajstić information content (AvgIpc) is 2.71. The Bertz CT molecular complexity index is 925. The number of hydrogen-bond donors (Lipinski definition) is 3. The number of benzene rings is 2. The summed E-state index contributed by atoms with van der Waals surface area (Å²) in [5, 5.41) is 11.5. The van der Waals surface area contributed by atoms with Crippen molar-refractivity contribution in [3.8, 4) is 11.5 Å². The van der Waals surface area contributed by atoms with E-state index in [4.69, 9.17) is 26.1 Å². The van der Waals surface area contributed by atoms with Crippen LogP contribution in [0.3, 0.4) is 0 Å². The van der Waals surface area contributed by atoms with Gasteiger partial charge in [-0.25, -0.2) is 0 Å². The molecule has 3 aliphatic rings. The number of nitrogens with zero attached hydrogens (tertiary/aromatic N) is 1. The molecule has 0 atom stereocenters. The number of hydrogen-bond acceptors (Lipinski definition) is 5. The van der Waals surface area contributed by atoms with Crippen LogP contribution in [0, 0.1) is 0 Å². The predicted molar refractivity (Wildman–Crippen MR) is 112 cm³/mol. The highest BCUT2D eigenvalue weighted by molar-refractivity contribution is 6.30. The molecule has 1 fully saturated rings. The summed E-state index contributed by atoms with van der Waals surface area (Å²) in [6.07, 6.45) is 1.92. The van der Waals surface area contributed by atoms with Crippen LogP contribution in [0.15, 0.2) is 41.4 Å². The number of ether oxygens (including phenoxy) is 2. The number of rotatable bonds is 2. The molecule has 0 amide bonds. The van der Waals surface area contributed by atoms with Crippen molar-refractivity contribution in [3.63, 3.8) is 0 Å². The molecule has 1 saturated heterocycles. The number of anilines is 2. The lowest BCUT2D eigenvalue weighted by atomic mass is 9.84. The first kappa shape index (κ1) is 17.6. The van der Waals surface area contributed by atoms with E-state index in [9.17, 15) is 0 Å². The summed E-state index contributed by atoms with van der Waals surface area (Å²) in [4.78, 5) is 4.97. The summed E-state index contributed by atoms with van der Waals surface area (Å²) >= 11 is 6.13. The lowest BCUT2D eigenvalue weighted by molar-refractivity contribution is 0.172. The van der Waals surface area contributed by atoms with Crippen LogP contribution in [0.5, 0.6) is 11.5 Å². The average molecular weight is 399 g/mol. The van der Waals surface area contributed by atoms with Gasteiger partial charge in [-0.1, -0.05) is 23.7 Å². The molecule has 6 nitrogen and oxygen atoms in total. The molecule has 7 heteroatoms. The lowest BCUT2D eigenvalue weighted by Gasteiger charge is -2.44. The molecule has 3 heterocycles. The first-order valence-electron chi connectivity index (χ1n) is 9.71. The van der Waals surface area contributed by atoms with E-state index >= 15 is 0 Å².